The van der Waals surface area contributed by atoms with E-state index < -0.39 is 0 Å². The second kappa shape index (κ2) is 3.64. The van der Waals surface area contributed by atoms with Gasteiger partial charge >= 0.3 is 0 Å². The van der Waals surface area contributed by atoms with Crippen molar-refractivity contribution in [2.45, 2.75) is 19.4 Å². The summed E-state index contributed by atoms with van der Waals surface area (Å²) in [7, 11) is 2.12. The van der Waals surface area contributed by atoms with Crippen LogP contribution in [0.25, 0.3) is 0 Å². The molecule has 0 N–H and O–H groups in total. The number of nitrogens with zero attached hydrogens (tertiary/aromatic N) is 2. The zero-order chi connectivity index (χ0) is 9.26. The van der Waals surface area contributed by atoms with E-state index in [2.05, 4.69) is 16.9 Å². The molecule has 1 aliphatic rings. The molecular weight excluding hydrogens is 184 g/mol. The van der Waals surface area contributed by atoms with Crippen LogP contribution in [0.15, 0.2) is 5.38 Å². The Morgan fingerprint density at radius 2 is 2.54 bits per heavy atom. The smallest absolute Gasteiger partial charge is 0.273 e. The van der Waals surface area contributed by atoms with Crippen molar-refractivity contribution in [2.75, 3.05) is 20.1 Å². The first-order valence-electron chi connectivity index (χ1n) is 4.51. The van der Waals surface area contributed by atoms with Gasteiger partial charge in [0.2, 0.25) is 0 Å². The summed E-state index contributed by atoms with van der Waals surface area (Å²) < 4.78 is 5.73. The van der Waals surface area contributed by atoms with Gasteiger partial charge < -0.3 is 9.64 Å². The van der Waals surface area contributed by atoms with Gasteiger partial charge in [-0.2, -0.15) is 0 Å². The third kappa shape index (κ3) is 2.19. The van der Waals surface area contributed by atoms with Crippen molar-refractivity contribution in [2.24, 2.45) is 0 Å². The van der Waals surface area contributed by atoms with Crippen LogP contribution in [0.4, 0.5) is 0 Å². The quantitative estimate of drug-likeness (QED) is 0.720. The predicted molar refractivity (Wildman–Crippen MR) is 53.4 cm³/mol. The molecular formula is C9H14N2OS. The summed E-state index contributed by atoms with van der Waals surface area (Å²) in [6, 6.07) is 0. The molecule has 1 aromatic heterocycles. The highest BCUT2D eigenvalue weighted by Crippen LogP contribution is 2.21. The molecule has 1 atom stereocenters. The largest absolute Gasteiger partial charge is 0.465 e. The maximum Gasteiger partial charge on any atom is 0.273 e. The molecule has 1 fully saturated rings. The fourth-order valence-electron chi connectivity index (χ4n) is 1.52. The first-order valence-corrected chi connectivity index (χ1v) is 5.39. The van der Waals surface area contributed by atoms with E-state index in [0.29, 0.717) is 6.10 Å². The van der Waals surface area contributed by atoms with Gasteiger partial charge in [0, 0.05) is 18.5 Å². The Balaban J connectivity index is 1.91. The van der Waals surface area contributed by atoms with E-state index in [-0.39, 0.29) is 0 Å². The van der Waals surface area contributed by atoms with Gasteiger partial charge in [0.25, 0.3) is 5.19 Å². The summed E-state index contributed by atoms with van der Waals surface area (Å²) in [6.07, 6.45) is 1.46. The van der Waals surface area contributed by atoms with Crippen LogP contribution >= 0.6 is 11.3 Å². The summed E-state index contributed by atoms with van der Waals surface area (Å²) >= 11 is 1.59. The summed E-state index contributed by atoms with van der Waals surface area (Å²) in [5.41, 5.74) is 1.05. The molecule has 2 rings (SSSR count). The molecule has 1 aliphatic heterocycles. The van der Waals surface area contributed by atoms with Gasteiger partial charge in [0.05, 0.1) is 5.69 Å². The summed E-state index contributed by atoms with van der Waals surface area (Å²) in [4.78, 5) is 6.56. The minimum Gasteiger partial charge on any atom is -0.465 e. The highest BCUT2D eigenvalue weighted by molar-refractivity contribution is 7.11. The lowest BCUT2D eigenvalue weighted by molar-refractivity contribution is 0.207. The molecule has 0 aromatic carbocycles. The number of aryl methyl sites for hydroxylation is 1. The van der Waals surface area contributed by atoms with Gasteiger partial charge in [-0.25, -0.2) is 4.98 Å². The van der Waals surface area contributed by atoms with E-state index in [1.54, 1.807) is 11.3 Å². The van der Waals surface area contributed by atoms with E-state index in [4.69, 9.17) is 4.74 Å². The van der Waals surface area contributed by atoms with Crippen LogP contribution in [0.5, 0.6) is 5.19 Å². The van der Waals surface area contributed by atoms with Crippen molar-refractivity contribution >= 4 is 11.3 Å². The number of hydrogen-bond acceptors (Lipinski definition) is 4. The van der Waals surface area contributed by atoms with Crippen LogP contribution in [0.1, 0.15) is 12.1 Å². The number of rotatable bonds is 2. The Morgan fingerprint density at radius 1 is 1.69 bits per heavy atom. The summed E-state index contributed by atoms with van der Waals surface area (Å²) in [6.45, 7) is 4.15. The minimum atomic E-state index is 0.343. The molecule has 0 bridgehead atoms. The van der Waals surface area contributed by atoms with E-state index in [1.807, 2.05) is 12.3 Å². The molecule has 0 spiro atoms. The molecule has 2 heterocycles. The first-order chi connectivity index (χ1) is 6.24. The van der Waals surface area contributed by atoms with Crippen LogP contribution in [0.2, 0.25) is 0 Å². The van der Waals surface area contributed by atoms with Crippen molar-refractivity contribution < 1.29 is 4.74 Å². The molecule has 3 nitrogen and oxygen atoms in total. The second-order valence-corrected chi connectivity index (χ2v) is 4.37. The average molecular weight is 198 g/mol. The number of aromatic nitrogens is 1. The van der Waals surface area contributed by atoms with Crippen LogP contribution in [-0.4, -0.2) is 36.1 Å². The number of ether oxygens (including phenoxy) is 1. The lowest BCUT2D eigenvalue weighted by atomic mass is 10.3. The average Bonchev–Trinajstić information content (AvgIpc) is 2.62. The highest BCUT2D eigenvalue weighted by Gasteiger charge is 2.21. The fraction of sp³-hybridized carbons (Fsp3) is 0.667. The molecule has 4 heteroatoms. The van der Waals surface area contributed by atoms with Crippen molar-refractivity contribution in [3.8, 4) is 5.19 Å². The van der Waals surface area contributed by atoms with Crippen LogP contribution in [-0.2, 0) is 0 Å². The lowest BCUT2D eigenvalue weighted by Gasteiger charge is -2.10. The molecule has 0 amide bonds. The Hall–Kier alpha value is -0.610. The molecule has 0 aliphatic carbocycles. The van der Waals surface area contributed by atoms with Crippen LogP contribution < -0.4 is 4.74 Å². The Bertz CT molecular complexity index is 287. The maximum absolute atomic E-state index is 5.73. The molecule has 0 radical (unpaired) electrons. The highest BCUT2D eigenvalue weighted by atomic mass is 32.1. The van der Waals surface area contributed by atoms with E-state index in [1.165, 1.54) is 0 Å². The Labute approximate surface area is 82.3 Å². The SMILES string of the molecule is Cc1csc(OC2CCN(C)C2)n1. The van der Waals surface area contributed by atoms with Crippen LogP contribution in [0, 0.1) is 6.92 Å². The van der Waals surface area contributed by atoms with Gasteiger partial charge in [0.15, 0.2) is 0 Å². The summed E-state index contributed by atoms with van der Waals surface area (Å²) in [5, 5.41) is 2.84. The fourth-order valence-corrected chi connectivity index (χ4v) is 2.23. The molecule has 0 saturated carbocycles. The molecule has 1 unspecified atom stereocenters. The predicted octanol–water partition coefficient (Wildman–Crippen LogP) is 1.53. The topological polar surface area (TPSA) is 25.4 Å². The number of likely N-dealkylation sites (N-methyl/N-ethyl adjacent to an activating group) is 1. The standard InChI is InChI=1S/C9H14N2OS/c1-7-6-13-9(10-7)12-8-3-4-11(2)5-8/h6,8H,3-5H2,1-2H3. The third-order valence-electron chi connectivity index (χ3n) is 2.21. The number of hydrogen-bond donors (Lipinski definition) is 0. The third-order valence-corrected chi connectivity index (χ3v) is 3.06. The van der Waals surface area contributed by atoms with Crippen molar-refractivity contribution in [1.29, 1.82) is 0 Å². The lowest BCUT2D eigenvalue weighted by Crippen LogP contribution is -2.21. The minimum absolute atomic E-state index is 0.343. The molecule has 1 saturated heterocycles. The number of likely N-dealkylation sites (tertiary alicyclic amines) is 1. The van der Waals surface area contributed by atoms with Crippen molar-refractivity contribution in [3.05, 3.63) is 11.1 Å². The van der Waals surface area contributed by atoms with E-state index >= 15 is 0 Å². The van der Waals surface area contributed by atoms with Gasteiger partial charge in [-0.3, -0.25) is 0 Å². The van der Waals surface area contributed by atoms with Crippen molar-refractivity contribution in [1.82, 2.24) is 9.88 Å². The monoisotopic (exact) mass is 198 g/mol. The van der Waals surface area contributed by atoms with E-state index in [9.17, 15) is 0 Å². The van der Waals surface area contributed by atoms with Gasteiger partial charge in [0.1, 0.15) is 6.10 Å². The first kappa shape index (κ1) is 8.97. The molecule has 72 valence electrons. The normalized spacial score (nSPS) is 23.7. The molecule has 13 heavy (non-hydrogen) atoms. The second-order valence-electron chi connectivity index (χ2n) is 3.55. The van der Waals surface area contributed by atoms with E-state index in [0.717, 1.165) is 30.4 Å². The zero-order valence-electron chi connectivity index (χ0n) is 7.99. The Kier molecular flexibility index (Phi) is 2.51. The zero-order valence-corrected chi connectivity index (χ0v) is 8.80. The van der Waals surface area contributed by atoms with Gasteiger partial charge in [-0.15, -0.1) is 0 Å². The van der Waals surface area contributed by atoms with Gasteiger partial charge in [-0.1, -0.05) is 11.3 Å². The summed E-state index contributed by atoms with van der Waals surface area (Å²) in [5.74, 6) is 0. The maximum atomic E-state index is 5.73. The van der Waals surface area contributed by atoms with Gasteiger partial charge in [-0.05, 0) is 20.4 Å². The number of thiazole rings is 1. The van der Waals surface area contributed by atoms with Crippen LogP contribution in [0.3, 0.4) is 0 Å². The Morgan fingerprint density at radius 3 is 3.08 bits per heavy atom. The molecule has 1 aromatic rings. The van der Waals surface area contributed by atoms with Crippen molar-refractivity contribution in [3.63, 3.8) is 0 Å².